The average molecular weight is 531 g/mol. The average Bonchev–Trinajstić information content (AvgIpc) is 3.11. The van der Waals surface area contributed by atoms with Crippen molar-refractivity contribution in [1.82, 2.24) is 20.0 Å². The van der Waals surface area contributed by atoms with Crippen molar-refractivity contribution in [2.24, 2.45) is 0 Å². The standard InChI is InChI=1S/C31H35FN4O3/c32-25-7-4-23-16-21(2-3-24(23)17-25)20-36-27-8-9-28(36)19-26(18-27)33-31(39)35-13-1-12-34(14-15-35)30(38)22-5-10-29(37)11-6-22/h2-7,10-11,16-17,26-28,37H,1,8-9,12-15,18-20H2,(H,33,39)/t27-,28-/m1/s1. The van der Waals surface area contributed by atoms with Crippen LogP contribution in [0.2, 0.25) is 0 Å². The van der Waals surface area contributed by atoms with E-state index in [4.69, 9.17) is 0 Å². The molecule has 3 saturated heterocycles. The molecule has 0 aromatic heterocycles. The number of hydrogen-bond acceptors (Lipinski definition) is 4. The first-order valence-corrected chi connectivity index (χ1v) is 14.0. The van der Waals surface area contributed by atoms with Gasteiger partial charge in [0.2, 0.25) is 0 Å². The first-order chi connectivity index (χ1) is 18.9. The lowest BCUT2D eigenvalue weighted by Crippen LogP contribution is -2.53. The summed E-state index contributed by atoms with van der Waals surface area (Å²) >= 11 is 0. The van der Waals surface area contributed by atoms with Crippen LogP contribution in [0, 0.1) is 5.82 Å². The number of urea groups is 1. The summed E-state index contributed by atoms with van der Waals surface area (Å²) in [7, 11) is 0. The van der Waals surface area contributed by atoms with Gasteiger partial charge in [-0.25, -0.2) is 9.18 Å². The van der Waals surface area contributed by atoms with E-state index in [1.54, 1.807) is 23.1 Å². The summed E-state index contributed by atoms with van der Waals surface area (Å²) in [6.07, 6.45) is 4.92. The zero-order chi connectivity index (χ0) is 26.9. The van der Waals surface area contributed by atoms with Crippen molar-refractivity contribution in [3.8, 4) is 5.75 Å². The third-order valence-corrected chi connectivity index (χ3v) is 8.63. The Hall–Kier alpha value is -3.65. The number of benzene rings is 3. The molecule has 0 aliphatic carbocycles. The molecule has 6 rings (SSSR count). The fourth-order valence-electron chi connectivity index (χ4n) is 6.60. The van der Waals surface area contributed by atoms with Gasteiger partial charge in [0, 0.05) is 56.4 Å². The quantitative estimate of drug-likeness (QED) is 0.511. The molecule has 0 spiro atoms. The Balaban J connectivity index is 1.02. The predicted molar refractivity (Wildman–Crippen MR) is 148 cm³/mol. The Morgan fingerprint density at radius 1 is 0.846 bits per heavy atom. The van der Waals surface area contributed by atoms with Crippen molar-refractivity contribution < 1.29 is 19.1 Å². The maximum Gasteiger partial charge on any atom is 0.317 e. The number of hydrogen-bond donors (Lipinski definition) is 2. The maximum atomic E-state index is 13.5. The highest BCUT2D eigenvalue weighted by atomic mass is 19.1. The number of phenolic OH excluding ortho intramolecular Hbond substituents is 1. The van der Waals surface area contributed by atoms with Crippen LogP contribution in [-0.2, 0) is 6.54 Å². The molecule has 3 aromatic rings. The van der Waals surface area contributed by atoms with E-state index in [2.05, 4.69) is 22.3 Å². The fourth-order valence-corrected chi connectivity index (χ4v) is 6.60. The second kappa shape index (κ2) is 10.8. The Kier molecular flexibility index (Phi) is 7.12. The molecule has 8 heteroatoms. The molecule has 0 radical (unpaired) electrons. The van der Waals surface area contributed by atoms with Gasteiger partial charge in [0.1, 0.15) is 11.6 Å². The molecule has 3 amide bonds. The van der Waals surface area contributed by atoms with Crippen LogP contribution in [0.1, 0.15) is 48.0 Å². The zero-order valence-electron chi connectivity index (χ0n) is 22.1. The van der Waals surface area contributed by atoms with E-state index < -0.39 is 0 Å². The first-order valence-electron chi connectivity index (χ1n) is 14.0. The monoisotopic (exact) mass is 530 g/mol. The number of carbonyl (C=O) groups is 2. The van der Waals surface area contributed by atoms with E-state index in [0.29, 0.717) is 43.8 Å². The van der Waals surface area contributed by atoms with Crippen LogP contribution < -0.4 is 5.32 Å². The molecule has 2 bridgehead atoms. The second-order valence-electron chi connectivity index (χ2n) is 11.2. The minimum absolute atomic E-state index is 0.0338. The van der Waals surface area contributed by atoms with Crippen LogP contribution in [0.5, 0.6) is 5.75 Å². The number of piperidine rings is 1. The molecule has 2 atom stereocenters. The van der Waals surface area contributed by atoms with E-state index in [-0.39, 0.29) is 29.5 Å². The number of fused-ring (bicyclic) bond motifs is 3. The lowest BCUT2D eigenvalue weighted by Gasteiger charge is -2.39. The van der Waals surface area contributed by atoms with Gasteiger partial charge < -0.3 is 20.2 Å². The van der Waals surface area contributed by atoms with E-state index in [9.17, 15) is 19.1 Å². The Labute approximate surface area is 228 Å². The SMILES string of the molecule is O=C(NC1C[C@H]2CC[C@H](C1)N2Cc1ccc2cc(F)ccc2c1)N1CCCN(C(=O)c2ccc(O)cc2)CC1. The van der Waals surface area contributed by atoms with E-state index in [1.165, 1.54) is 23.8 Å². The Bertz CT molecular complexity index is 1350. The van der Waals surface area contributed by atoms with Gasteiger partial charge in [-0.15, -0.1) is 0 Å². The summed E-state index contributed by atoms with van der Waals surface area (Å²) in [6, 6.07) is 18.5. The van der Waals surface area contributed by atoms with Crippen molar-refractivity contribution in [2.45, 2.75) is 56.8 Å². The lowest BCUT2D eigenvalue weighted by molar-refractivity contribution is 0.0761. The molecule has 3 aliphatic rings. The van der Waals surface area contributed by atoms with Gasteiger partial charge >= 0.3 is 6.03 Å². The number of nitrogens with one attached hydrogen (secondary N) is 1. The highest BCUT2D eigenvalue weighted by Crippen LogP contribution is 2.37. The van der Waals surface area contributed by atoms with Gasteiger partial charge in [0.15, 0.2) is 0 Å². The summed E-state index contributed by atoms with van der Waals surface area (Å²) < 4.78 is 13.5. The molecule has 204 valence electrons. The molecule has 2 N–H and O–H groups in total. The van der Waals surface area contributed by atoms with E-state index in [1.807, 2.05) is 17.0 Å². The molecule has 3 fully saturated rings. The molecule has 3 aromatic carbocycles. The summed E-state index contributed by atoms with van der Waals surface area (Å²) in [4.78, 5) is 32.3. The minimum atomic E-state index is -0.211. The van der Waals surface area contributed by atoms with Gasteiger partial charge in [-0.2, -0.15) is 0 Å². The molecule has 7 nitrogen and oxygen atoms in total. The molecular formula is C31H35FN4O3. The molecule has 3 aliphatic heterocycles. The van der Waals surface area contributed by atoms with Crippen LogP contribution >= 0.6 is 0 Å². The fraction of sp³-hybridized carbons (Fsp3) is 0.419. The van der Waals surface area contributed by atoms with Crippen molar-refractivity contribution in [1.29, 1.82) is 0 Å². The summed E-state index contributed by atoms with van der Waals surface area (Å²) in [6.45, 7) is 3.11. The number of aromatic hydroxyl groups is 1. The van der Waals surface area contributed by atoms with Gasteiger partial charge in [0.05, 0.1) is 0 Å². The number of nitrogens with zero attached hydrogens (tertiary/aromatic N) is 3. The van der Waals surface area contributed by atoms with Gasteiger partial charge in [-0.1, -0.05) is 18.2 Å². The highest BCUT2D eigenvalue weighted by Gasteiger charge is 2.41. The minimum Gasteiger partial charge on any atom is -0.508 e. The summed E-state index contributed by atoms with van der Waals surface area (Å²) in [5.41, 5.74) is 1.79. The topological polar surface area (TPSA) is 76.1 Å². The number of amides is 3. The van der Waals surface area contributed by atoms with Gasteiger partial charge in [-0.05, 0) is 90.9 Å². The summed E-state index contributed by atoms with van der Waals surface area (Å²) in [5.74, 6) is -0.145. The van der Waals surface area contributed by atoms with Crippen molar-refractivity contribution >= 4 is 22.7 Å². The van der Waals surface area contributed by atoms with Crippen molar-refractivity contribution in [3.05, 3.63) is 77.6 Å². The van der Waals surface area contributed by atoms with Crippen molar-refractivity contribution in [3.63, 3.8) is 0 Å². The molecular weight excluding hydrogens is 495 g/mol. The zero-order valence-corrected chi connectivity index (χ0v) is 22.1. The van der Waals surface area contributed by atoms with Gasteiger partial charge in [-0.3, -0.25) is 9.69 Å². The molecule has 0 saturated carbocycles. The van der Waals surface area contributed by atoms with Crippen LogP contribution in [0.3, 0.4) is 0 Å². The van der Waals surface area contributed by atoms with Crippen LogP contribution in [0.25, 0.3) is 10.8 Å². The van der Waals surface area contributed by atoms with Crippen molar-refractivity contribution in [2.75, 3.05) is 26.2 Å². The highest BCUT2D eigenvalue weighted by molar-refractivity contribution is 5.94. The summed E-state index contributed by atoms with van der Waals surface area (Å²) in [5, 5.41) is 14.8. The van der Waals surface area contributed by atoms with Gasteiger partial charge in [0.25, 0.3) is 5.91 Å². The lowest BCUT2D eigenvalue weighted by atomic mass is 9.96. The Morgan fingerprint density at radius 3 is 2.28 bits per heavy atom. The number of halogens is 1. The second-order valence-corrected chi connectivity index (χ2v) is 11.2. The maximum absolute atomic E-state index is 13.5. The largest absolute Gasteiger partial charge is 0.508 e. The van der Waals surface area contributed by atoms with Crippen LogP contribution in [0.15, 0.2) is 60.7 Å². The van der Waals surface area contributed by atoms with Crippen LogP contribution in [0.4, 0.5) is 9.18 Å². The smallest absolute Gasteiger partial charge is 0.317 e. The molecule has 3 heterocycles. The van der Waals surface area contributed by atoms with E-state index >= 15 is 0 Å². The molecule has 0 unspecified atom stereocenters. The number of carbonyl (C=O) groups excluding carboxylic acids is 2. The van der Waals surface area contributed by atoms with E-state index in [0.717, 1.165) is 49.4 Å². The third-order valence-electron chi connectivity index (χ3n) is 8.63. The third kappa shape index (κ3) is 5.57. The predicted octanol–water partition coefficient (Wildman–Crippen LogP) is 4.74. The number of phenols is 1. The first kappa shape index (κ1) is 25.6. The number of rotatable bonds is 4. The van der Waals surface area contributed by atoms with Crippen LogP contribution in [-0.4, -0.2) is 76.0 Å². The molecule has 39 heavy (non-hydrogen) atoms. The Morgan fingerprint density at radius 2 is 1.51 bits per heavy atom. The normalized spacial score (nSPS) is 23.6.